The normalized spacial score (nSPS) is 10.9. The van der Waals surface area contributed by atoms with Gasteiger partial charge >= 0.3 is 0 Å². The molecule has 3 aromatic rings. The van der Waals surface area contributed by atoms with E-state index in [4.69, 9.17) is 0 Å². The molecule has 1 amide bonds. The van der Waals surface area contributed by atoms with E-state index in [0.29, 0.717) is 16.9 Å². The Labute approximate surface area is 153 Å². The molecule has 1 heterocycles. The van der Waals surface area contributed by atoms with Gasteiger partial charge in [0.25, 0.3) is 5.69 Å². The highest BCUT2D eigenvalue weighted by Gasteiger charge is 2.15. The van der Waals surface area contributed by atoms with Gasteiger partial charge in [0.15, 0.2) is 0 Å². The minimum Gasteiger partial charge on any atom is -0.313 e. The molecule has 0 bridgehead atoms. The van der Waals surface area contributed by atoms with Gasteiger partial charge in [-0.1, -0.05) is 30.3 Å². The van der Waals surface area contributed by atoms with Gasteiger partial charge in [-0.15, -0.1) is 0 Å². The molecule has 0 unspecified atom stereocenters. The third-order valence-corrected chi connectivity index (χ3v) is 3.82. The number of hydrazone groups is 1. The van der Waals surface area contributed by atoms with Gasteiger partial charge in [0.2, 0.25) is 5.91 Å². The Morgan fingerprint density at radius 1 is 1.15 bits per heavy atom. The first kappa shape index (κ1) is 18.0. The first-order chi connectivity index (χ1) is 13.1. The van der Waals surface area contributed by atoms with Gasteiger partial charge < -0.3 is 4.57 Å². The predicted octanol–water partition coefficient (Wildman–Crippen LogP) is 3.22. The Bertz CT molecular complexity index is 1010. The summed E-state index contributed by atoms with van der Waals surface area (Å²) in [5, 5.41) is 14.8. The molecule has 0 fully saturated rings. The maximum absolute atomic E-state index is 13.9. The molecule has 3 rings (SSSR count). The molecule has 2 aromatic carbocycles. The SMILES string of the molecule is O=C(Cc1ccccc1[N+](=O)[O-])NN=Cc1cccn1-c1ccccc1F. The largest absolute Gasteiger partial charge is 0.313 e. The van der Waals surface area contributed by atoms with Crippen molar-refractivity contribution in [1.82, 2.24) is 9.99 Å². The van der Waals surface area contributed by atoms with Crippen molar-refractivity contribution < 1.29 is 14.1 Å². The van der Waals surface area contributed by atoms with Crippen molar-refractivity contribution in [3.05, 3.63) is 94.0 Å². The van der Waals surface area contributed by atoms with Crippen molar-refractivity contribution in [1.29, 1.82) is 0 Å². The summed E-state index contributed by atoms with van der Waals surface area (Å²) < 4.78 is 15.5. The Hall–Kier alpha value is -3.81. The molecule has 8 heteroatoms. The number of para-hydroxylation sites is 2. The zero-order valence-electron chi connectivity index (χ0n) is 14.1. The highest BCUT2D eigenvalue weighted by molar-refractivity contribution is 5.83. The lowest BCUT2D eigenvalue weighted by atomic mass is 10.1. The number of nitrogens with one attached hydrogen (secondary N) is 1. The number of nitro benzene ring substituents is 1. The zero-order chi connectivity index (χ0) is 19.2. The van der Waals surface area contributed by atoms with Crippen LogP contribution in [0, 0.1) is 15.9 Å². The summed E-state index contributed by atoms with van der Waals surface area (Å²) in [6, 6.07) is 15.7. The third kappa shape index (κ3) is 4.24. The fourth-order valence-corrected chi connectivity index (χ4v) is 2.59. The Kier molecular flexibility index (Phi) is 5.36. The van der Waals surface area contributed by atoms with Crippen molar-refractivity contribution in [2.45, 2.75) is 6.42 Å². The van der Waals surface area contributed by atoms with E-state index in [1.54, 1.807) is 47.2 Å². The summed E-state index contributed by atoms with van der Waals surface area (Å²) in [7, 11) is 0. The number of amides is 1. The lowest BCUT2D eigenvalue weighted by molar-refractivity contribution is -0.385. The fraction of sp³-hybridized carbons (Fsp3) is 0.0526. The number of aromatic nitrogens is 1. The molecular weight excluding hydrogens is 351 g/mol. The van der Waals surface area contributed by atoms with Crippen LogP contribution in [0.1, 0.15) is 11.3 Å². The van der Waals surface area contributed by atoms with E-state index in [1.807, 2.05) is 0 Å². The Balaban J connectivity index is 1.69. The van der Waals surface area contributed by atoms with Crippen LogP contribution in [-0.2, 0) is 11.2 Å². The molecule has 0 radical (unpaired) electrons. The summed E-state index contributed by atoms with van der Waals surface area (Å²) in [6.07, 6.45) is 2.88. The third-order valence-electron chi connectivity index (χ3n) is 3.82. The van der Waals surface area contributed by atoms with E-state index < -0.39 is 10.8 Å². The first-order valence-electron chi connectivity index (χ1n) is 8.02. The number of carbonyl (C=O) groups excluding carboxylic acids is 1. The van der Waals surface area contributed by atoms with E-state index in [1.165, 1.54) is 30.5 Å². The minimum absolute atomic E-state index is 0.120. The van der Waals surface area contributed by atoms with E-state index in [0.717, 1.165) is 0 Å². The number of benzene rings is 2. The average molecular weight is 366 g/mol. The molecule has 0 spiro atoms. The summed E-state index contributed by atoms with van der Waals surface area (Å²) in [5.41, 5.74) is 3.42. The van der Waals surface area contributed by atoms with E-state index in [-0.39, 0.29) is 17.9 Å². The van der Waals surface area contributed by atoms with Crippen LogP contribution < -0.4 is 5.43 Å². The van der Waals surface area contributed by atoms with Gasteiger partial charge in [-0.05, 0) is 24.3 Å². The maximum atomic E-state index is 13.9. The minimum atomic E-state index is -0.535. The van der Waals surface area contributed by atoms with Crippen LogP contribution in [-0.4, -0.2) is 21.6 Å². The van der Waals surface area contributed by atoms with Crippen molar-refractivity contribution in [2.24, 2.45) is 5.10 Å². The van der Waals surface area contributed by atoms with Crippen LogP contribution in [0.25, 0.3) is 5.69 Å². The molecule has 0 aliphatic rings. The van der Waals surface area contributed by atoms with Crippen LogP contribution in [0.15, 0.2) is 72.0 Å². The number of hydrogen-bond acceptors (Lipinski definition) is 4. The molecule has 0 aliphatic carbocycles. The molecule has 27 heavy (non-hydrogen) atoms. The smallest absolute Gasteiger partial charge is 0.273 e. The van der Waals surface area contributed by atoms with E-state index in [2.05, 4.69) is 10.5 Å². The monoisotopic (exact) mass is 366 g/mol. The molecule has 0 saturated carbocycles. The highest BCUT2D eigenvalue weighted by atomic mass is 19.1. The quantitative estimate of drug-likeness (QED) is 0.413. The van der Waals surface area contributed by atoms with E-state index in [9.17, 15) is 19.3 Å². The molecular formula is C19H15FN4O3. The lowest BCUT2D eigenvalue weighted by Gasteiger charge is -2.07. The molecule has 7 nitrogen and oxygen atoms in total. The number of halogens is 1. The summed E-state index contributed by atoms with van der Waals surface area (Å²) in [5.74, 6) is -0.881. The lowest BCUT2D eigenvalue weighted by Crippen LogP contribution is -2.20. The van der Waals surface area contributed by atoms with Crippen molar-refractivity contribution in [2.75, 3.05) is 0 Å². The molecule has 1 aromatic heterocycles. The number of nitrogens with zero attached hydrogens (tertiary/aromatic N) is 3. The number of rotatable bonds is 6. The van der Waals surface area contributed by atoms with Crippen LogP contribution in [0.3, 0.4) is 0 Å². The second kappa shape index (κ2) is 8.05. The zero-order valence-corrected chi connectivity index (χ0v) is 14.1. The van der Waals surface area contributed by atoms with Gasteiger partial charge in [-0.2, -0.15) is 5.10 Å². The van der Waals surface area contributed by atoms with Gasteiger partial charge in [0.1, 0.15) is 5.82 Å². The summed E-state index contributed by atoms with van der Waals surface area (Å²) >= 11 is 0. The van der Waals surface area contributed by atoms with Crippen molar-refractivity contribution in [3.8, 4) is 5.69 Å². The predicted molar refractivity (Wildman–Crippen MR) is 98.3 cm³/mol. The molecule has 136 valence electrons. The molecule has 1 N–H and O–H groups in total. The van der Waals surface area contributed by atoms with Crippen molar-refractivity contribution >= 4 is 17.8 Å². The maximum Gasteiger partial charge on any atom is 0.273 e. The second-order valence-corrected chi connectivity index (χ2v) is 5.61. The van der Waals surface area contributed by atoms with E-state index >= 15 is 0 Å². The molecule has 0 atom stereocenters. The second-order valence-electron chi connectivity index (χ2n) is 5.61. The van der Waals surface area contributed by atoms with Gasteiger partial charge in [-0.3, -0.25) is 14.9 Å². The number of carbonyl (C=O) groups is 1. The van der Waals surface area contributed by atoms with Crippen LogP contribution in [0.5, 0.6) is 0 Å². The number of hydrogen-bond donors (Lipinski definition) is 1. The topological polar surface area (TPSA) is 89.5 Å². The van der Waals surface area contributed by atoms with Gasteiger partial charge in [0, 0.05) is 17.8 Å². The van der Waals surface area contributed by atoms with Gasteiger partial charge in [-0.25, -0.2) is 9.82 Å². The first-order valence-corrected chi connectivity index (χ1v) is 8.02. The molecule has 0 saturated heterocycles. The summed E-state index contributed by atoms with van der Waals surface area (Å²) in [4.78, 5) is 22.5. The van der Waals surface area contributed by atoms with Crippen LogP contribution in [0.2, 0.25) is 0 Å². The fourth-order valence-electron chi connectivity index (χ4n) is 2.59. The standard InChI is InChI=1S/C19H15FN4O3/c20-16-8-2-4-10-18(16)23-11-5-7-15(23)13-21-22-19(25)12-14-6-1-3-9-17(14)24(26)27/h1-11,13H,12H2,(H,22,25). The summed E-state index contributed by atoms with van der Waals surface area (Å²) in [6.45, 7) is 0. The number of nitro groups is 1. The van der Waals surface area contributed by atoms with Crippen LogP contribution in [0.4, 0.5) is 10.1 Å². The Morgan fingerprint density at radius 2 is 1.89 bits per heavy atom. The van der Waals surface area contributed by atoms with Crippen LogP contribution >= 0.6 is 0 Å². The Morgan fingerprint density at radius 3 is 2.67 bits per heavy atom. The average Bonchev–Trinajstić information content (AvgIpc) is 3.10. The molecule has 0 aliphatic heterocycles. The van der Waals surface area contributed by atoms with Crippen molar-refractivity contribution in [3.63, 3.8) is 0 Å². The van der Waals surface area contributed by atoms with Gasteiger partial charge in [0.05, 0.1) is 28.9 Å². The highest BCUT2D eigenvalue weighted by Crippen LogP contribution is 2.18.